The fourth-order valence-corrected chi connectivity index (χ4v) is 2.92. The standard InChI is InChI=1S/C14H15NO2S/c1-14(2)8-18-13(15-14)6-4-10-3-5-11-12(7-10)17-9-16-11/h3-7H,8-9H2,1-2H3/b6-4+. The van der Waals surface area contributed by atoms with E-state index in [1.165, 1.54) is 0 Å². The molecule has 94 valence electrons. The van der Waals surface area contributed by atoms with Crippen molar-refractivity contribution in [3.05, 3.63) is 29.8 Å². The van der Waals surface area contributed by atoms with Crippen molar-refractivity contribution in [3.8, 4) is 11.5 Å². The van der Waals surface area contributed by atoms with Crippen LogP contribution >= 0.6 is 11.8 Å². The monoisotopic (exact) mass is 261 g/mol. The second kappa shape index (κ2) is 4.35. The summed E-state index contributed by atoms with van der Waals surface area (Å²) in [4.78, 5) is 4.64. The summed E-state index contributed by atoms with van der Waals surface area (Å²) in [7, 11) is 0. The molecule has 2 aliphatic heterocycles. The molecule has 18 heavy (non-hydrogen) atoms. The van der Waals surface area contributed by atoms with Crippen LogP contribution in [0.3, 0.4) is 0 Å². The predicted octanol–water partition coefficient (Wildman–Crippen LogP) is 3.35. The summed E-state index contributed by atoms with van der Waals surface area (Å²) in [6, 6.07) is 5.95. The van der Waals surface area contributed by atoms with Crippen LogP contribution in [0.4, 0.5) is 0 Å². The van der Waals surface area contributed by atoms with Gasteiger partial charge in [-0.1, -0.05) is 12.1 Å². The molecule has 3 rings (SSSR count). The molecule has 1 aromatic carbocycles. The third-order valence-electron chi connectivity index (χ3n) is 2.80. The highest BCUT2D eigenvalue weighted by molar-refractivity contribution is 8.14. The lowest BCUT2D eigenvalue weighted by molar-refractivity contribution is 0.174. The summed E-state index contributed by atoms with van der Waals surface area (Å²) in [6.07, 6.45) is 4.13. The quantitative estimate of drug-likeness (QED) is 0.818. The van der Waals surface area contributed by atoms with Crippen molar-refractivity contribution in [2.75, 3.05) is 12.5 Å². The van der Waals surface area contributed by atoms with Crippen LogP contribution in [-0.2, 0) is 0 Å². The SMILES string of the molecule is CC1(C)CSC(/C=C/c2ccc3c(c2)OCO3)=N1. The fraction of sp³-hybridized carbons (Fsp3) is 0.357. The molecule has 2 aliphatic rings. The molecule has 4 heteroatoms. The van der Waals surface area contributed by atoms with Gasteiger partial charge in [-0.2, -0.15) is 0 Å². The zero-order chi connectivity index (χ0) is 12.6. The van der Waals surface area contributed by atoms with Gasteiger partial charge < -0.3 is 9.47 Å². The van der Waals surface area contributed by atoms with Gasteiger partial charge >= 0.3 is 0 Å². The van der Waals surface area contributed by atoms with E-state index in [9.17, 15) is 0 Å². The number of nitrogens with zero attached hydrogens (tertiary/aromatic N) is 1. The molecule has 1 aromatic rings. The fourth-order valence-electron chi connectivity index (χ4n) is 1.88. The number of benzene rings is 1. The van der Waals surface area contributed by atoms with E-state index in [1.54, 1.807) is 11.8 Å². The maximum absolute atomic E-state index is 5.35. The van der Waals surface area contributed by atoms with Gasteiger partial charge in [-0.15, -0.1) is 11.8 Å². The lowest BCUT2D eigenvalue weighted by Gasteiger charge is -2.09. The van der Waals surface area contributed by atoms with Crippen LogP contribution in [0.5, 0.6) is 11.5 Å². The van der Waals surface area contributed by atoms with E-state index in [0.29, 0.717) is 6.79 Å². The van der Waals surface area contributed by atoms with Crippen LogP contribution in [0.1, 0.15) is 19.4 Å². The number of aliphatic imine (C=N–C) groups is 1. The molecular formula is C14H15NO2S. The highest BCUT2D eigenvalue weighted by Crippen LogP contribution is 2.33. The van der Waals surface area contributed by atoms with E-state index < -0.39 is 0 Å². The summed E-state index contributed by atoms with van der Waals surface area (Å²) >= 11 is 1.80. The minimum atomic E-state index is 0.0687. The molecule has 0 atom stereocenters. The van der Waals surface area contributed by atoms with Crippen molar-refractivity contribution < 1.29 is 9.47 Å². The van der Waals surface area contributed by atoms with E-state index in [1.807, 2.05) is 18.2 Å². The summed E-state index contributed by atoms with van der Waals surface area (Å²) < 4.78 is 10.6. The van der Waals surface area contributed by atoms with E-state index in [4.69, 9.17) is 9.47 Å². The Morgan fingerprint density at radius 3 is 2.83 bits per heavy atom. The lowest BCUT2D eigenvalue weighted by Crippen LogP contribution is -2.15. The average molecular weight is 261 g/mol. The number of fused-ring (bicyclic) bond motifs is 1. The van der Waals surface area contributed by atoms with Gasteiger partial charge in [-0.3, -0.25) is 4.99 Å². The Kier molecular flexibility index (Phi) is 2.82. The summed E-state index contributed by atoms with van der Waals surface area (Å²) in [6.45, 7) is 4.63. The first-order valence-corrected chi connectivity index (χ1v) is 6.91. The number of hydrogen-bond acceptors (Lipinski definition) is 4. The van der Waals surface area contributed by atoms with E-state index in [0.717, 1.165) is 27.9 Å². The van der Waals surface area contributed by atoms with Gasteiger partial charge in [0.1, 0.15) is 0 Å². The average Bonchev–Trinajstić information content (AvgIpc) is 2.92. The molecule has 0 bridgehead atoms. The highest BCUT2D eigenvalue weighted by atomic mass is 32.2. The van der Waals surface area contributed by atoms with Crippen molar-refractivity contribution in [3.63, 3.8) is 0 Å². The van der Waals surface area contributed by atoms with Crippen molar-refractivity contribution in [2.45, 2.75) is 19.4 Å². The first kappa shape index (κ1) is 11.7. The first-order chi connectivity index (χ1) is 8.62. The Balaban J connectivity index is 1.77. The minimum Gasteiger partial charge on any atom is -0.454 e. The van der Waals surface area contributed by atoms with Gasteiger partial charge in [0.25, 0.3) is 0 Å². The molecule has 0 spiro atoms. The zero-order valence-corrected chi connectivity index (χ0v) is 11.3. The van der Waals surface area contributed by atoms with Crippen LogP contribution < -0.4 is 9.47 Å². The molecule has 0 amide bonds. The molecule has 2 heterocycles. The van der Waals surface area contributed by atoms with Crippen LogP contribution in [0.25, 0.3) is 6.08 Å². The third kappa shape index (κ3) is 2.38. The Bertz CT molecular complexity index is 535. The number of rotatable bonds is 2. The van der Waals surface area contributed by atoms with Crippen LogP contribution in [0.15, 0.2) is 29.3 Å². The molecule has 0 N–H and O–H groups in total. The smallest absolute Gasteiger partial charge is 0.231 e. The molecule has 0 aromatic heterocycles. The first-order valence-electron chi connectivity index (χ1n) is 5.93. The van der Waals surface area contributed by atoms with E-state index in [2.05, 4.69) is 31.0 Å². The van der Waals surface area contributed by atoms with Gasteiger partial charge in [0, 0.05) is 5.75 Å². The molecule has 0 unspecified atom stereocenters. The topological polar surface area (TPSA) is 30.8 Å². The highest BCUT2D eigenvalue weighted by Gasteiger charge is 2.23. The molecular weight excluding hydrogens is 246 g/mol. The molecule has 0 saturated heterocycles. The van der Waals surface area contributed by atoms with Gasteiger partial charge in [0.15, 0.2) is 11.5 Å². The van der Waals surface area contributed by atoms with E-state index >= 15 is 0 Å². The largest absolute Gasteiger partial charge is 0.454 e. The van der Waals surface area contributed by atoms with Crippen molar-refractivity contribution in [1.29, 1.82) is 0 Å². The van der Waals surface area contributed by atoms with Gasteiger partial charge in [-0.05, 0) is 37.6 Å². The maximum Gasteiger partial charge on any atom is 0.231 e. The minimum absolute atomic E-state index is 0.0687. The summed E-state index contributed by atoms with van der Waals surface area (Å²) in [5.74, 6) is 2.69. The van der Waals surface area contributed by atoms with Crippen LogP contribution in [-0.4, -0.2) is 23.1 Å². The Hall–Kier alpha value is -1.42. The van der Waals surface area contributed by atoms with Crippen LogP contribution in [0, 0.1) is 0 Å². The molecule has 0 radical (unpaired) electrons. The second-order valence-electron chi connectivity index (χ2n) is 5.00. The lowest BCUT2D eigenvalue weighted by atomic mass is 10.1. The normalized spacial score (nSPS) is 20.4. The Labute approximate surface area is 111 Å². The molecule has 3 nitrogen and oxygen atoms in total. The zero-order valence-electron chi connectivity index (χ0n) is 10.5. The maximum atomic E-state index is 5.35. The molecule has 0 fully saturated rings. The van der Waals surface area contributed by atoms with Crippen LogP contribution in [0.2, 0.25) is 0 Å². The number of hydrogen-bond donors (Lipinski definition) is 0. The van der Waals surface area contributed by atoms with Crippen molar-refractivity contribution >= 4 is 22.9 Å². The van der Waals surface area contributed by atoms with Gasteiger partial charge in [0.05, 0.1) is 10.6 Å². The third-order valence-corrected chi connectivity index (χ3v) is 4.18. The summed E-state index contributed by atoms with van der Waals surface area (Å²) in [5, 5.41) is 1.10. The van der Waals surface area contributed by atoms with E-state index in [-0.39, 0.29) is 5.54 Å². The number of ether oxygens (including phenoxy) is 2. The number of thioether (sulfide) groups is 1. The van der Waals surface area contributed by atoms with Crippen molar-refractivity contribution in [2.24, 2.45) is 4.99 Å². The predicted molar refractivity (Wildman–Crippen MR) is 75.6 cm³/mol. The molecule has 0 saturated carbocycles. The Morgan fingerprint density at radius 1 is 1.22 bits per heavy atom. The van der Waals surface area contributed by atoms with Gasteiger partial charge in [-0.25, -0.2) is 0 Å². The van der Waals surface area contributed by atoms with Gasteiger partial charge in [0.2, 0.25) is 6.79 Å². The van der Waals surface area contributed by atoms with Crippen molar-refractivity contribution in [1.82, 2.24) is 0 Å². The second-order valence-corrected chi connectivity index (χ2v) is 5.99. The summed E-state index contributed by atoms with van der Waals surface area (Å²) in [5.41, 5.74) is 1.17. The Morgan fingerprint density at radius 2 is 2.06 bits per heavy atom. The molecule has 0 aliphatic carbocycles.